The maximum Gasteiger partial charge on any atom is 0.147 e. The summed E-state index contributed by atoms with van der Waals surface area (Å²) in [6, 6.07) is 12.2. The van der Waals surface area contributed by atoms with E-state index in [4.69, 9.17) is 5.26 Å². The molecule has 0 bridgehead atoms. The Morgan fingerprint density at radius 1 is 1.20 bits per heavy atom. The number of H-pyrrole nitrogens is 1. The highest BCUT2D eigenvalue weighted by molar-refractivity contribution is 5.86. The van der Waals surface area contributed by atoms with E-state index in [2.05, 4.69) is 48.3 Å². The first-order valence-electron chi connectivity index (χ1n) is 14.5. The van der Waals surface area contributed by atoms with Crippen molar-refractivity contribution in [3.8, 4) is 6.07 Å². The molecule has 2 N–H and O–H groups in total. The summed E-state index contributed by atoms with van der Waals surface area (Å²) in [6.07, 6.45) is 18.0. The molecule has 4 rings (SSSR count). The van der Waals surface area contributed by atoms with Crippen LogP contribution in [0, 0.1) is 24.2 Å². The van der Waals surface area contributed by atoms with Crippen LogP contribution in [0.4, 0.5) is 5.69 Å². The van der Waals surface area contributed by atoms with Crippen LogP contribution >= 0.6 is 0 Å². The number of aldehydes is 2. The van der Waals surface area contributed by atoms with Crippen LogP contribution in [-0.4, -0.2) is 42.7 Å². The molecular weight excluding hydrogens is 498 g/mol. The second kappa shape index (κ2) is 20.4. The summed E-state index contributed by atoms with van der Waals surface area (Å²) in [5.41, 5.74) is 4.18. The van der Waals surface area contributed by atoms with E-state index in [-0.39, 0.29) is 12.0 Å². The minimum Gasteiger partial charge on any atom is -0.361 e. The van der Waals surface area contributed by atoms with Gasteiger partial charge in [0.25, 0.3) is 0 Å². The summed E-state index contributed by atoms with van der Waals surface area (Å²) in [4.78, 5) is 30.8. The molecule has 1 aliphatic carbocycles. The minimum atomic E-state index is -0.341. The van der Waals surface area contributed by atoms with Crippen molar-refractivity contribution in [1.29, 1.82) is 5.26 Å². The number of aromatic nitrogens is 2. The Balaban J connectivity index is 0.000000347. The van der Waals surface area contributed by atoms with Gasteiger partial charge in [-0.05, 0) is 62.6 Å². The number of unbranched alkanes of at least 4 members (excludes halogenated alkanes) is 1. The molecule has 1 aromatic carbocycles. The highest BCUT2D eigenvalue weighted by atomic mass is 16.1. The number of aromatic amines is 1. The molecule has 0 spiro atoms. The first-order valence-corrected chi connectivity index (χ1v) is 14.5. The molecule has 218 valence electrons. The first kappa shape index (κ1) is 34.5. The van der Waals surface area contributed by atoms with Crippen molar-refractivity contribution >= 4 is 29.2 Å². The van der Waals surface area contributed by atoms with Crippen molar-refractivity contribution in [2.24, 2.45) is 5.92 Å². The van der Waals surface area contributed by atoms with Gasteiger partial charge in [0.05, 0.1) is 6.07 Å². The molecule has 7 heteroatoms. The number of aryl methyl sites for hydroxylation is 1. The standard InChI is InChI=1S/C17H17N3O.C7H15N.C7H14O.C2H3N/c1-12-9-19-16-8-14(5-6-15(12)16)20(2)17(11-21)13-4-3-7-18-10-13;1-8-7-5-3-2-4-6-7;1-3-4-5-7(2)6-8;1-2-3/h3-11,17,19H,1-2H3;7-8H,2-6H2,1H3;6-7H,3-5H2,1-2H3;1H3. The summed E-state index contributed by atoms with van der Waals surface area (Å²) in [5, 5.41) is 11.8. The highest BCUT2D eigenvalue weighted by Crippen LogP contribution is 2.28. The number of hydrogen-bond donors (Lipinski definition) is 2. The number of rotatable bonds is 9. The van der Waals surface area contributed by atoms with Gasteiger partial charge in [0, 0.05) is 61.1 Å². The molecule has 7 nitrogen and oxygen atoms in total. The number of benzene rings is 1. The number of hydrogen-bond acceptors (Lipinski definition) is 6. The fourth-order valence-electron chi connectivity index (χ4n) is 4.57. The van der Waals surface area contributed by atoms with Gasteiger partial charge in [-0.1, -0.05) is 58.1 Å². The second-order valence-electron chi connectivity index (χ2n) is 10.3. The van der Waals surface area contributed by atoms with Gasteiger partial charge >= 0.3 is 0 Å². The van der Waals surface area contributed by atoms with Gasteiger partial charge < -0.3 is 24.8 Å². The molecule has 1 aliphatic rings. The van der Waals surface area contributed by atoms with E-state index in [1.807, 2.05) is 43.3 Å². The SMILES string of the molecule is CC#N.CCCCC(C)C=O.CNC1CCCCC1.Cc1c[nH]c2cc(N(C)C(C=O)c3cccnc3)ccc12. The van der Waals surface area contributed by atoms with E-state index in [9.17, 15) is 9.59 Å². The highest BCUT2D eigenvalue weighted by Gasteiger charge is 2.17. The maximum absolute atomic E-state index is 11.5. The van der Waals surface area contributed by atoms with Gasteiger partial charge in [0.2, 0.25) is 0 Å². The Kier molecular flexibility index (Phi) is 17.6. The van der Waals surface area contributed by atoms with Crippen LogP contribution in [0.25, 0.3) is 10.9 Å². The summed E-state index contributed by atoms with van der Waals surface area (Å²) in [5.74, 6) is 0.273. The lowest BCUT2D eigenvalue weighted by atomic mass is 9.96. The van der Waals surface area contributed by atoms with E-state index in [0.29, 0.717) is 0 Å². The molecule has 1 saturated carbocycles. The first-order chi connectivity index (χ1) is 19.4. The molecule has 1 fully saturated rings. The molecule has 3 aromatic rings. The fourth-order valence-corrected chi connectivity index (χ4v) is 4.57. The van der Waals surface area contributed by atoms with Crippen LogP contribution in [0.5, 0.6) is 0 Å². The molecule has 0 saturated heterocycles. The zero-order valence-electron chi connectivity index (χ0n) is 25.3. The average Bonchev–Trinajstić information content (AvgIpc) is 3.38. The quantitative estimate of drug-likeness (QED) is 0.272. The predicted molar refractivity (Wildman–Crippen MR) is 166 cm³/mol. The predicted octanol–water partition coefficient (Wildman–Crippen LogP) is 7.33. The second-order valence-corrected chi connectivity index (χ2v) is 10.3. The Morgan fingerprint density at radius 2 is 1.90 bits per heavy atom. The lowest BCUT2D eigenvalue weighted by molar-refractivity contribution is -0.111. The van der Waals surface area contributed by atoms with E-state index in [0.717, 1.165) is 41.8 Å². The Bertz CT molecular complexity index is 1130. The largest absolute Gasteiger partial charge is 0.361 e. The van der Waals surface area contributed by atoms with E-state index < -0.39 is 0 Å². The van der Waals surface area contributed by atoms with Crippen molar-refractivity contribution in [2.45, 2.75) is 91.1 Å². The molecule has 2 unspecified atom stereocenters. The van der Waals surface area contributed by atoms with Gasteiger partial charge in [-0.25, -0.2) is 0 Å². The molecule has 0 radical (unpaired) electrons. The van der Waals surface area contributed by atoms with Crippen molar-refractivity contribution < 1.29 is 9.59 Å². The molecular formula is C33H49N5O2. The van der Waals surface area contributed by atoms with Crippen molar-refractivity contribution in [3.05, 3.63) is 60.0 Å². The zero-order valence-corrected chi connectivity index (χ0v) is 25.3. The molecule has 2 atom stereocenters. The van der Waals surface area contributed by atoms with Gasteiger partial charge in [-0.2, -0.15) is 5.26 Å². The van der Waals surface area contributed by atoms with Crippen LogP contribution in [0.15, 0.2) is 48.9 Å². The fraction of sp³-hybridized carbons (Fsp3) is 0.515. The van der Waals surface area contributed by atoms with Crippen LogP contribution in [0.1, 0.15) is 89.3 Å². The number of fused-ring (bicyclic) bond motifs is 1. The van der Waals surface area contributed by atoms with Gasteiger partial charge in [0.15, 0.2) is 0 Å². The van der Waals surface area contributed by atoms with Crippen LogP contribution in [0.3, 0.4) is 0 Å². The average molecular weight is 548 g/mol. The number of carbonyl (C=O) groups is 2. The smallest absolute Gasteiger partial charge is 0.147 e. The number of nitriles is 1. The number of likely N-dealkylation sites (N-methyl/N-ethyl adjacent to an activating group) is 1. The lowest BCUT2D eigenvalue weighted by Crippen LogP contribution is -2.26. The minimum absolute atomic E-state index is 0.273. The third-order valence-corrected chi connectivity index (χ3v) is 7.11. The number of anilines is 1. The summed E-state index contributed by atoms with van der Waals surface area (Å²) in [6.45, 7) is 7.60. The molecule has 0 aliphatic heterocycles. The monoisotopic (exact) mass is 547 g/mol. The molecule has 0 amide bonds. The lowest BCUT2D eigenvalue weighted by Gasteiger charge is -2.26. The Hall–Kier alpha value is -3.50. The normalized spacial score (nSPS) is 14.0. The van der Waals surface area contributed by atoms with E-state index in [1.54, 1.807) is 18.5 Å². The Morgan fingerprint density at radius 3 is 2.42 bits per heavy atom. The van der Waals surface area contributed by atoms with Crippen molar-refractivity contribution in [3.63, 3.8) is 0 Å². The van der Waals surface area contributed by atoms with E-state index >= 15 is 0 Å². The van der Waals surface area contributed by atoms with Crippen molar-refractivity contribution in [1.82, 2.24) is 15.3 Å². The number of nitrogens with zero attached hydrogens (tertiary/aromatic N) is 3. The Labute approximate surface area is 241 Å². The van der Waals surface area contributed by atoms with Crippen LogP contribution in [-0.2, 0) is 9.59 Å². The number of pyridine rings is 1. The topological polar surface area (TPSA) is 102 Å². The summed E-state index contributed by atoms with van der Waals surface area (Å²) in [7, 11) is 3.99. The van der Waals surface area contributed by atoms with Crippen LogP contribution < -0.4 is 10.2 Å². The summed E-state index contributed by atoms with van der Waals surface area (Å²) >= 11 is 0. The number of carbonyl (C=O) groups excluding carboxylic acids is 2. The third kappa shape index (κ3) is 12.1. The maximum atomic E-state index is 11.5. The molecule has 40 heavy (non-hydrogen) atoms. The molecule has 2 aromatic heterocycles. The number of nitrogens with one attached hydrogen (secondary N) is 2. The van der Waals surface area contributed by atoms with Crippen molar-refractivity contribution in [2.75, 3.05) is 19.0 Å². The van der Waals surface area contributed by atoms with E-state index in [1.165, 1.54) is 62.8 Å². The van der Waals surface area contributed by atoms with Gasteiger partial charge in [-0.15, -0.1) is 0 Å². The molecule has 2 heterocycles. The third-order valence-electron chi connectivity index (χ3n) is 7.11. The zero-order chi connectivity index (χ0) is 29.8. The van der Waals surface area contributed by atoms with Gasteiger partial charge in [0.1, 0.15) is 18.6 Å². The van der Waals surface area contributed by atoms with Crippen LogP contribution in [0.2, 0.25) is 0 Å². The summed E-state index contributed by atoms with van der Waals surface area (Å²) < 4.78 is 0. The van der Waals surface area contributed by atoms with Gasteiger partial charge in [-0.3, -0.25) is 4.98 Å².